The molecule has 0 saturated heterocycles. The Kier molecular flexibility index (Phi) is 5.44. The van der Waals surface area contributed by atoms with E-state index in [0.29, 0.717) is 5.92 Å². The van der Waals surface area contributed by atoms with Gasteiger partial charge in [-0.25, -0.2) is 0 Å². The average Bonchev–Trinajstić information content (AvgIpc) is 1.90. The molecule has 0 spiro atoms. The molecule has 0 aliphatic rings. The Labute approximate surface area is 64.7 Å². The molecule has 1 atom stereocenters. The Bertz CT molecular complexity index is 64.1. The number of rotatable bonds is 4. The lowest BCUT2D eigenvalue weighted by atomic mass is 10.2. The highest BCUT2D eigenvalue weighted by Crippen LogP contribution is 2.09. The van der Waals surface area contributed by atoms with Crippen LogP contribution in [0.4, 0.5) is 0 Å². The van der Waals surface area contributed by atoms with E-state index in [9.17, 15) is 0 Å². The van der Waals surface area contributed by atoms with Gasteiger partial charge in [-0.1, -0.05) is 22.9 Å². The number of ether oxygens (including phenoxy) is 2. The van der Waals surface area contributed by atoms with E-state index in [1.54, 1.807) is 14.2 Å². The molecule has 0 N–H and O–H groups in total. The maximum absolute atomic E-state index is 5.00. The largest absolute Gasteiger partial charge is 0.356 e. The van der Waals surface area contributed by atoms with Crippen molar-refractivity contribution in [3.05, 3.63) is 0 Å². The summed E-state index contributed by atoms with van der Waals surface area (Å²) in [5, 5.41) is 0.902. The van der Waals surface area contributed by atoms with Gasteiger partial charge in [0.1, 0.15) is 0 Å². The van der Waals surface area contributed by atoms with Crippen molar-refractivity contribution >= 4 is 15.9 Å². The molecule has 0 radical (unpaired) electrons. The summed E-state index contributed by atoms with van der Waals surface area (Å²) in [6.45, 7) is 2.06. The van der Waals surface area contributed by atoms with Gasteiger partial charge in [0.15, 0.2) is 6.29 Å². The summed E-state index contributed by atoms with van der Waals surface area (Å²) in [5.74, 6) is 0.403. The molecule has 0 aromatic carbocycles. The molecule has 0 saturated carbocycles. The molecule has 0 aromatic rings. The van der Waals surface area contributed by atoms with Crippen LogP contribution in [0.1, 0.15) is 6.92 Å². The fraction of sp³-hybridized carbons (Fsp3) is 1.00. The number of methoxy groups -OCH3 is 2. The van der Waals surface area contributed by atoms with E-state index in [1.807, 2.05) is 0 Å². The summed E-state index contributed by atoms with van der Waals surface area (Å²) in [6, 6.07) is 0. The third-order valence-corrected chi connectivity index (χ3v) is 2.19. The van der Waals surface area contributed by atoms with Gasteiger partial charge in [-0.05, 0) is 0 Å². The number of alkyl halides is 1. The van der Waals surface area contributed by atoms with Crippen LogP contribution in [-0.4, -0.2) is 25.8 Å². The second kappa shape index (κ2) is 5.21. The van der Waals surface area contributed by atoms with Gasteiger partial charge in [0.2, 0.25) is 0 Å². The van der Waals surface area contributed by atoms with Crippen LogP contribution < -0.4 is 0 Å². The van der Waals surface area contributed by atoms with Gasteiger partial charge in [-0.3, -0.25) is 0 Å². The molecule has 0 aromatic heterocycles. The highest BCUT2D eigenvalue weighted by molar-refractivity contribution is 9.09. The third kappa shape index (κ3) is 3.18. The molecule has 0 aliphatic carbocycles. The molecule has 0 fully saturated rings. The molecule has 0 aliphatic heterocycles. The lowest BCUT2D eigenvalue weighted by molar-refractivity contribution is -0.127. The van der Waals surface area contributed by atoms with Gasteiger partial charge < -0.3 is 9.47 Å². The molecule has 1 unspecified atom stereocenters. The highest BCUT2D eigenvalue weighted by Gasteiger charge is 2.13. The van der Waals surface area contributed by atoms with Gasteiger partial charge in [0, 0.05) is 25.5 Å². The first-order chi connectivity index (χ1) is 4.26. The third-order valence-electron chi connectivity index (χ3n) is 1.17. The summed E-state index contributed by atoms with van der Waals surface area (Å²) in [7, 11) is 3.29. The van der Waals surface area contributed by atoms with E-state index in [4.69, 9.17) is 9.47 Å². The number of hydrogen-bond donors (Lipinski definition) is 0. The van der Waals surface area contributed by atoms with Crippen molar-refractivity contribution in [1.82, 2.24) is 0 Å². The Balaban J connectivity index is 3.50. The van der Waals surface area contributed by atoms with E-state index in [1.165, 1.54) is 0 Å². The second-order valence-corrected chi connectivity index (χ2v) is 2.62. The van der Waals surface area contributed by atoms with E-state index < -0.39 is 0 Å². The van der Waals surface area contributed by atoms with Crippen LogP contribution >= 0.6 is 15.9 Å². The SMILES string of the molecule is COC(OC)C(C)CBr. The lowest BCUT2D eigenvalue weighted by Crippen LogP contribution is -2.23. The second-order valence-electron chi connectivity index (χ2n) is 1.97. The van der Waals surface area contributed by atoms with Crippen LogP contribution in [0.5, 0.6) is 0 Å². The van der Waals surface area contributed by atoms with Crippen molar-refractivity contribution in [2.75, 3.05) is 19.5 Å². The standard InChI is InChI=1S/C6H13BrO2/c1-5(4-7)6(8-2)9-3/h5-6H,4H2,1-3H3. The van der Waals surface area contributed by atoms with Gasteiger partial charge in [-0.15, -0.1) is 0 Å². The summed E-state index contributed by atoms with van der Waals surface area (Å²) < 4.78 is 10.00. The monoisotopic (exact) mass is 196 g/mol. The molecule has 0 bridgehead atoms. The zero-order valence-corrected chi connectivity index (χ0v) is 7.64. The summed E-state index contributed by atoms with van der Waals surface area (Å²) in [4.78, 5) is 0. The first kappa shape index (κ1) is 9.40. The van der Waals surface area contributed by atoms with Crippen molar-refractivity contribution in [1.29, 1.82) is 0 Å². The predicted octanol–water partition coefficient (Wildman–Crippen LogP) is 1.64. The summed E-state index contributed by atoms with van der Waals surface area (Å²) in [6.07, 6.45) is -0.0793. The van der Waals surface area contributed by atoms with Gasteiger partial charge in [0.25, 0.3) is 0 Å². The fourth-order valence-electron chi connectivity index (χ4n) is 0.634. The average molecular weight is 197 g/mol. The Hall–Kier alpha value is 0.400. The van der Waals surface area contributed by atoms with E-state index >= 15 is 0 Å². The quantitative estimate of drug-likeness (QED) is 0.503. The number of halogens is 1. The predicted molar refractivity (Wildman–Crippen MR) is 40.8 cm³/mol. The van der Waals surface area contributed by atoms with Crippen LogP contribution in [0.15, 0.2) is 0 Å². The van der Waals surface area contributed by atoms with Crippen LogP contribution in [-0.2, 0) is 9.47 Å². The van der Waals surface area contributed by atoms with Crippen molar-refractivity contribution in [3.8, 4) is 0 Å². The van der Waals surface area contributed by atoms with E-state index in [-0.39, 0.29) is 6.29 Å². The molecule has 0 amide bonds. The van der Waals surface area contributed by atoms with Crippen LogP contribution in [0.25, 0.3) is 0 Å². The lowest BCUT2D eigenvalue weighted by Gasteiger charge is -2.18. The molecular formula is C6H13BrO2. The minimum absolute atomic E-state index is 0.0793. The van der Waals surface area contributed by atoms with Crippen LogP contribution in [0.2, 0.25) is 0 Å². The topological polar surface area (TPSA) is 18.5 Å². The molecule has 56 valence electrons. The minimum atomic E-state index is -0.0793. The Morgan fingerprint density at radius 3 is 1.89 bits per heavy atom. The van der Waals surface area contributed by atoms with Gasteiger partial charge in [0.05, 0.1) is 0 Å². The van der Waals surface area contributed by atoms with E-state index in [2.05, 4.69) is 22.9 Å². The van der Waals surface area contributed by atoms with Crippen molar-refractivity contribution in [2.24, 2.45) is 5.92 Å². The normalized spacial score (nSPS) is 14.3. The minimum Gasteiger partial charge on any atom is -0.356 e. The Morgan fingerprint density at radius 2 is 1.78 bits per heavy atom. The molecule has 9 heavy (non-hydrogen) atoms. The maximum atomic E-state index is 5.00. The van der Waals surface area contributed by atoms with Crippen LogP contribution in [0.3, 0.4) is 0 Å². The molecule has 3 heteroatoms. The smallest absolute Gasteiger partial charge is 0.160 e. The first-order valence-electron chi connectivity index (χ1n) is 2.87. The van der Waals surface area contributed by atoms with Crippen molar-refractivity contribution < 1.29 is 9.47 Å². The zero-order chi connectivity index (χ0) is 7.28. The summed E-state index contributed by atoms with van der Waals surface area (Å²) in [5.41, 5.74) is 0. The molecular weight excluding hydrogens is 184 g/mol. The van der Waals surface area contributed by atoms with Gasteiger partial charge >= 0.3 is 0 Å². The summed E-state index contributed by atoms with van der Waals surface area (Å²) >= 11 is 3.34. The van der Waals surface area contributed by atoms with Crippen LogP contribution in [0, 0.1) is 5.92 Å². The highest BCUT2D eigenvalue weighted by atomic mass is 79.9. The zero-order valence-electron chi connectivity index (χ0n) is 6.06. The first-order valence-corrected chi connectivity index (χ1v) is 4.00. The molecule has 0 rings (SSSR count). The maximum Gasteiger partial charge on any atom is 0.160 e. The van der Waals surface area contributed by atoms with Gasteiger partial charge in [-0.2, -0.15) is 0 Å². The molecule has 0 heterocycles. The fourth-order valence-corrected chi connectivity index (χ4v) is 0.939. The molecule has 2 nitrogen and oxygen atoms in total. The van der Waals surface area contributed by atoms with Crippen molar-refractivity contribution in [2.45, 2.75) is 13.2 Å². The number of hydrogen-bond acceptors (Lipinski definition) is 2. The Morgan fingerprint density at radius 1 is 1.33 bits per heavy atom. The van der Waals surface area contributed by atoms with E-state index in [0.717, 1.165) is 5.33 Å². The van der Waals surface area contributed by atoms with Crippen molar-refractivity contribution in [3.63, 3.8) is 0 Å².